The van der Waals surface area contributed by atoms with Crippen LogP contribution in [0.3, 0.4) is 0 Å². The van der Waals surface area contributed by atoms with Gasteiger partial charge in [0.15, 0.2) is 5.78 Å². The van der Waals surface area contributed by atoms with Gasteiger partial charge in [0.1, 0.15) is 6.26 Å². The van der Waals surface area contributed by atoms with Gasteiger partial charge in [-0.3, -0.25) is 9.69 Å². The van der Waals surface area contributed by atoms with Gasteiger partial charge < -0.3 is 9.73 Å². The summed E-state index contributed by atoms with van der Waals surface area (Å²) >= 11 is 5.74. The lowest BCUT2D eigenvalue weighted by molar-refractivity contribution is 0.0785. The number of hydrogen-bond donors (Lipinski definition) is 1. The van der Waals surface area contributed by atoms with Crippen LogP contribution in [0.15, 0.2) is 23.0 Å². The summed E-state index contributed by atoms with van der Waals surface area (Å²) in [4.78, 5) is 14.3. The van der Waals surface area contributed by atoms with E-state index >= 15 is 0 Å². The fourth-order valence-electron chi connectivity index (χ4n) is 1.98. The molecule has 16 heavy (non-hydrogen) atoms. The molecule has 0 saturated carbocycles. The van der Waals surface area contributed by atoms with Crippen molar-refractivity contribution in [3.63, 3.8) is 0 Å². The molecule has 0 bridgehead atoms. The molecular weight excluding hydrogens is 228 g/mol. The summed E-state index contributed by atoms with van der Waals surface area (Å²) in [5, 5.41) is 3.23. The molecular formula is C11H15ClN2O2. The van der Waals surface area contributed by atoms with Crippen LogP contribution in [0, 0.1) is 0 Å². The van der Waals surface area contributed by atoms with Crippen LogP contribution >= 0.6 is 11.6 Å². The molecule has 2 rings (SSSR count). The maximum Gasteiger partial charge on any atom is 0.184 e. The molecule has 5 heteroatoms. The Bertz CT molecular complexity index is 338. The summed E-state index contributed by atoms with van der Waals surface area (Å²) in [5.74, 6) is 0.654. The number of carbonyl (C=O) groups excluding carboxylic acids is 1. The zero-order chi connectivity index (χ0) is 11.4. The number of carbonyl (C=O) groups is 1. The third-order valence-electron chi connectivity index (χ3n) is 2.83. The van der Waals surface area contributed by atoms with Gasteiger partial charge >= 0.3 is 0 Å². The van der Waals surface area contributed by atoms with Crippen molar-refractivity contribution in [1.29, 1.82) is 0 Å². The molecule has 1 N–H and O–H groups in total. The minimum Gasteiger partial charge on any atom is -0.472 e. The van der Waals surface area contributed by atoms with E-state index in [-0.39, 0.29) is 11.8 Å². The SMILES string of the molecule is O=C(c1ccoc1)C1CNCCN1CCCl. The van der Waals surface area contributed by atoms with Crippen LogP contribution in [-0.2, 0) is 0 Å². The zero-order valence-corrected chi connectivity index (χ0v) is 9.74. The van der Waals surface area contributed by atoms with Crippen molar-refractivity contribution in [3.05, 3.63) is 24.2 Å². The van der Waals surface area contributed by atoms with Crippen LogP contribution < -0.4 is 5.32 Å². The van der Waals surface area contributed by atoms with Crippen LogP contribution in [0.1, 0.15) is 10.4 Å². The van der Waals surface area contributed by atoms with E-state index in [4.69, 9.17) is 16.0 Å². The van der Waals surface area contributed by atoms with Crippen LogP contribution in [-0.4, -0.2) is 48.8 Å². The van der Waals surface area contributed by atoms with E-state index in [0.29, 0.717) is 18.0 Å². The van der Waals surface area contributed by atoms with Gasteiger partial charge in [-0.1, -0.05) is 0 Å². The molecule has 1 saturated heterocycles. The van der Waals surface area contributed by atoms with E-state index in [9.17, 15) is 4.79 Å². The molecule has 1 unspecified atom stereocenters. The quantitative estimate of drug-likeness (QED) is 0.632. The van der Waals surface area contributed by atoms with Crippen molar-refractivity contribution in [1.82, 2.24) is 10.2 Å². The number of halogens is 1. The lowest BCUT2D eigenvalue weighted by Crippen LogP contribution is -2.55. The summed E-state index contributed by atoms with van der Waals surface area (Å²) in [5.41, 5.74) is 0.633. The van der Waals surface area contributed by atoms with Crippen molar-refractivity contribution >= 4 is 17.4 Å². The first-order valence-corrected chi connectivity index (χ1v) is 5.93. The van der Waals surface area contributed by atoms with Crippen LogP contribution in [0.25, 0.3) is 0 Å². The third-order valence-corrected chi connectivity index (χ3v) is 3.00. The number of nitrogens with zero attached hydrogens (tertiary/aromatic N) is 1. The monoisotopic (exact) mass is 242 g/mol. The Labute approximate surface area is 99.5 Å². The van der Waals surface area contributed by atoms with Gasteiger partial charge in [-0.15, -0.1) is 11.6 Å². The zero-order valence-electron chi connectivity index (χ0n) is 8.99. The largest absolute Gasteiger partial charge is 0.472 e. The molecule has 0 amide bonds. The van der Waals surface area contributed by atoms with E-state index in [0.717, 1.165) is 19.6 Å². The normalized spacial score (nSPS) is 22.2. The first kappa shape index (κ1) is 11.6. The summed E-state index contributed by atoms with van der Waals surface area (Å²) in [6, 6.07) is 1.58. The average molecular weight is 243 g/mol. The van der Waals surface area contributed by atoms with E-state index in [2.05, 4.69) is 10.2 Å². The number of furan rings is 1. The molecule has 4 nitrogen and oxygen atoms in total. The maximum atomic E-state index is 12.2. The van der Waals surface area contributed by atoms with Gasteiger partial charge in [0.25, 0.3) is 0 Å². The van der Waals surface area contributed by atoms with Gasteiger partial charge in [-0.25, -0.2) is 0 Å². The second-order valence-electron chi connectivity index (χ2n) is 3.82. The molecule has 1 aromatic rings. The first-order chi connectivity index (χ1) is 7.83. The molecule has 0 aliphatic carbocycles. The van der Waals surface area contributed by atoms with Crippen molar-refractivity contribution in [2.24, 2.45) is 0 Å². The van der Waals surface area contributed by atoms with Crippen LogP contribution in [0.5, 0.6) is 0 Å². The Morgan fingerprint density at radius 2 is 2.56 bits per heavy atom. The van der Waals surface area contributed by atoms with Gasteiger partial charge in [0.05, 0.1) is 17.9 Å². The van der Waals surface area contributed by atoms with E-state index in [1.165, 1.54) is 12.5 Å². The Balaban J connectivity index is 2.08. The van der Waals surface area contributed by atoms with Crippen molar-refractivity contribution < 1.29 is 9.21 Å². The second-order valence-corrected chi connectivity index (χ2v) is 4.20. The molecule has 1 fully saturated rings. The fraction of sp³-hybridized carbons (Fsp3) is 0.545. The Morgan fingerprint density at radius 1 is 1.69 bits per heavy atom. The predicted octanol–water partition coefficient (Wildman–Crippen LogP) is 0.975. The summed E-state index contributed by atoms with van der Waals surface area (Å²) in [6.07, 6.45) is 3.02. The van der Waals surface area contributed by atoms with Gasteiger partial charge in [-0.2, -0.15) is 0 Å². The van der Waals surface area contributed by atoms with E-state index < -0.39 is 0 Å². The van der Waals surface area contributed by atoms with Crippen molar-refractivity contribution in [2.75, 3.05) is 32.1 Å². The molecule has 0 radical (unpaired) electrons. The summed E-state index contributed by atoms with van der Waals surface area (Å²) in [7, 11) is 0. The minimum absolute atomic E-state index is 0.103. The lowest BCUT2D eigenvalue weighted by atomic mass is 10.0. The molecule has 1 aliphatic rings. The molecule has 88 valence electrons. The fourth-order valence-corrected chi connectivity index (χ4v) is 2.20. The van der Waals surface area contributed by atoms with Crippen LogP contribution in [0.4, 0.5) is 0 Å². The highest BCUT2D eigenvalue weighted by Crippen LogP contribution is 2.11. The molecule has 0 aromatic carbocycles. The highest BCUT2D eigenvalue weighted by Gasteiger charge is 2.29. The molecule has 1 aliphatic heterocycles. The predicted molar refractivity (Wildman–Crippen MR) is 62.0 cm³/mol. The number of ketones is 1. The number of rotatable bonds is 4. The standard InChI is InChI=1S/C11H15ClN2O2/c12-2-4-14-5-3-13-7-10(14)11(15)9-1-6-16-8-9/h1,6,8,10,13H,2-5,7H2. The Kier molecular flexibility index (Phi) is 3.98. The molecule has 2 heterocycles. The highest BCUT2D eigenvalue weighted by molar-refractivity contribution is 6.18. The van der Waals surface area contributed by atoms with Gasteiger partial charge in [-0.05, 0) is 6.07 Å². The molecule has 0 spiro atoms. The highest BCUT2D eigenvalue weighted by atomic mass is 35.5. The van der Waals surface area contributed by atoms with Gasteiger partial charge in [0, 0.05) is 32.1 Å². The summed E-state index contributed by atoms with van der Waals surface area (Å²) < 4.78 is 4.94. The number of nitrogens with one attached hydrogen (secondary N) is 1. The average Bonchev–Trinajstić information content (AvgIpc) is 2.83. The number of alkyl halides is 1. The number of hydrogen-bond acceptors (Lipinski definition) is 4. The van der Waals surface area contributed by atoms with Crippen molar-refractivity contribution in [3.8, 4) is 0 Å². The summed E-state index contributed by atoms with van der Waals surface area (Å²) in [6.45, 7) is 3.20. The first-order valence-electron chi connectivity index (χ1n) is 5.40. The Hall–Kier alpha value is -0.840. The lowest BCUT2D eigenvalue weighted by Gasteiger charge is -2.34. The van der Waals surface area contributed by atoms with Crippen LogP contribution in [0.2, 0.25) is 0 Å². The number of Topliss-reactive ketones (excluding diaryl/α,β-unsaturated/α-hetero) is 1. The molecule has 1 aromatic heterocycles. The molecule has 1 atom stereocenters. The van der Waals surface area contributed by atoms with E-state index in [1.807, 2.05) is 0 Å². The smallest absolute Gasteiger partial charge is 0.184 e. The topological polar surface area (TPSA) is 45.5 Å². The number of piperazine rings is 1. The maximum absolute atomic E-state index is 12.2. The second kappa shape index (κ2) is 5.48. The van der Waals surface area contributed by atoms with Gasteiger partial charge in [0.2, 0.25) is 0 Å². The minimum atomic E-state index is -0.120. The Morgan fingerprint density at radius 3 is 3.25 bits per heavy atom. The third kappa shape index (κ3) is 2.45. The van der Waals surface area contributed by atoms with E-state index in [1.54, 1.807) is 6.07 Å². The van der Waals surface area contributed by atoms with Crippen molar-refractivity contribution in [2.45, 2.75) is 6.04 Å².